The summed E-state index contributed by atoms with van der Waals surface area (Å²) >= 11 is 0. The van der Waals surface area contributed by atoms with Gasteiger partial charge in [-0.25, -0.2) is 0 Å². The smallest absolute Gasteiger partial charge is 0.258 e. The molecule has 0 radical (unpaired) electrons. The molecule has 0 aromatic heterocycles. The van der Waals surface area contributed by atoms with Gasteiger partial charge in [-0.1, -0.05) is 0 Å². The van der Waals surface area contributed by atoms with Gasteiger partial charge in [0.1, 0.15) is 11.5 Å². The monoisotopic (exact) mass is 322 g/mol. The SMILES string of the molecule is CCN(CC(=O)NC(C)(C)C)C(=O)c1cc(OC)ccc1OC. The van der Waals surface area contributed by atoms with Gasteiger partial charge in [0.2, 0.25) is 5.91 Å². The fourth-order valence-corrected chi connectivity index (χ4v) is 2.11. The van der Waals surface area contributed by atoms with E-state index in [0.717, 1.165) is 0 Å². The van der Waals surface area contributed by atoms with Gasteiger partial charge in [-0.15, -0.1) is 0 Å². The number of benzene rings is 1. The van der Waals surface area contributed by atoms with Gasteiger partial charge in [0.05, 0.1) is 26.3 Å². The van der Waals surface area contributed by atoms with Crippen LogP contribution >= 0.6 is 0 Å². The summed E-state index contributed by atoms with van der Waals surface area (Å²) < 4.78 is 10.4. The van der Waals surface area contributed by atoms with Crippen LogP contribution in [-0.2, 0) is 4.79 Å². The lowest BCUT2D eigenvalue weighted by molar-refractivity contribution is -0.123. The average molecular weight is 322 g/mol. The molecule has 0 heterocycles. The zero-order valence-electron chi connectivity index (χ0n) is 14.7. The Morgan fingerprint density at radius 2 is 1.83 bits per heavy atom. The Morgan fingerprint density at radius 3 is 2.30 bits per heavy atom. The second kappa shape index (κ2) is 7.85. The van der Waals surface area contributed by atoms with Crippen LogP contribution < -0.4 is 14.8 Å². The minimum absolute atomic E-state index is 0.00698. The Balaban J connectivity index is 2.98. The number of likely N-dealkylation sites (N-methyl/N-ethyl adjacent to an activating group) is 1. The van der Waals surface area contributed by atoms with E-state index in [1.54, 1.807) is 18.2 Å². The van der Waals surface area contributed by atoms with Crippen LogP contribution in [0.5, 0.6) is 11.5 Å². The zero-order chi connectivity index (χ0) is 17.6. The van der Waals surface area contributed by atoms with Crippen molar-refractivity contribution in [3.63, 3.8) is 0 Å². The van der Waals surface area contributed by atoms with Gasteiger partial charge >= 0.3 is 0 Å². The molecule has 0 fully saturated rings. The second-order valence-corrected chi connectivity index (χ2v) is 6.18. The van der Waals surface area contributed by atoms with Crippen molar-refractivity contribution < 1.29 is 19.1 Å². The first-order valence-corrected chi connectivity index (χ1v) is 7.54. The molecule has 1 N–H and O–H groups in total. The summed E-state index contributed by atoms with van der Waals surface area (Å²) in [5.41, 5.74) is 0.0324. The summed E-state index contributed by atoms with van der Waals surface area (Å²) in [6, 6.07) is 5.01. The first kappa shape index (κ1) is 18.8. The normalized spacial score (nSPS) is 10.9. The third-order valence-electron chi connectivity index (χ3n) is 3.15. The molecule has 6 heteroatoms. The van der Waals surface area contributed by atoms with E-state index in [1.165, 1.54) is 19.1 Å². The average Bonchev–Trinajstić information content (AvgIpc) is 2.49. The molecule has 1 rings (SSSR count). The molecule has 1 aromatic carbocycles. The van der Waals surface area contributed by atoms with Crippen molar-refractivity contribution in [3.8, 4) is 11.5 Å². The highest BCUT2D eigenvalue weighted by Gasteiger charge is 2.23. The van der Waals surface area contributed by atoms with Crippen molar-refractivity contribution in [1.82, 2.24) is 10.2 Å². The Morgan fingerprint density at radius 1 is 1.17 bits per heavy atom. The Hall–Kier alpha value is -2.24. The molecular weight excluding hydrogens is 296 g/mol. The molecule has 6 nitrogen and oxygen atoms in total. The molecule has 0 saturated heterocycles. The molecule has 0 atom stereocenters. The summed E-state index contributed by atoms with van der Waals surface area (Å²) in [6.07, 6.45) is 0. The van der Waals surface area contributed by atoms with Gasteiger partial charge < -0.3 is 19.7 Å². The minimum Gasteiger partial charge on any atom is -0.497 e. The number of nitrogens with one attached hydrogen (secondary N) is 1. The van der Waals surface area contributed by atoms with Crippen LogP contribution in [0.15, 0.2) is 18.2 Å². The standard InChI is InChI=1S/C17H26N2O4/c1-7-19(11-15(20)18-17(2,3)4)16(21)13-10-12(22-5)8-9-14(13)23-6/h8-10H,7,11H2,1-6H3,(H,18,20). The molecule has 128 valence electrons. The van der Waals surface area contributed by atoms with Gasteiger partial charge in [-0.3, -0.25) is 9.59 Å². The van der Waals surface area contributed by atoms with Crippen LogP contribution in [0.25, 0.3) is 0 Å². The van der Waals surface area contributed by atoms with E-state index in [2.05, 4.69) is 5.32 Å². The van der Waals surface area contributed by atoms with E-state index in [-0.39, 0.29) is 23.9 Å². The molecule has 2 amide bonds. The lowest BCUT2D eigenvalue weighted by Gasteiger charge is -2.25. The van der Waals surface area contributed by atoms with Gasteiger partial charge in [0, 0.05) is 12.1 Å². The van der Waals surface area contributed by atoms with Crippen molar-refractivity contribution in [2.75, 3.05) is 27.3 Å². The second-order valence-electron chi connectivity index (χ2n) is 6.18. The zero-order valence-corrected chi connectivity index (χ0v) is 14.7. The van der Waals surface area contributed by atoms with Crippen LogP contribution in [0.3, 0.4) is 0 Å². The number of amides is 2. The Kier molecular flexibility index (Phi) is 6.42. The summed E-state index contributed by atoms with van der Waals surface area (Å²) in [6.45, 7) is 7.93. The van der Waals surface area contributed by atoms with E-state index in [1.807, 2.05) is 27.7 Å². The Labute approximate surface area is 137 Å². The minimum atomic E-state index is -0.340. The number of hydrogen-bond donors (Lipinski definition) is 1. The molecule has 0 bridgehead atoms. The highest BCUT2D eigenvalue weighted by Crippen LogP contribution is 2.25. The van der Waals surface area contributed by atoms with Crippen molar-refractivity contribution in [1.29, 1.82) is 0 Å². The number of nitrogens with zero attached hydrogens (tertiary/aromatic N) is 1. The third-order valence-corrected chi connectivity index (χ3v) is 3.15. The maximum absolute atomic E-state index is 12.7. The quantitative estimate of drug-likeness (QED) is 0.871. The molecule has 0 unspecified atom stereocenters. The van der Waals surface area contributed by atoms with E-state index in [0.29, 0.717) is 23.6 Å². The van der Waals surface area contributed by atoms with Gasteiger partial charge in [0.15, 0.2) is 0 Å². The fourth-order valence-electron chi connectivity index (χ4n) is 2.11. The molecule has 0 aliphatic heterocycles. The van der Waals surface area contributed by atoms with Crippen molar-refractivity contribution in [2.45, 2.75) is 33.2 Å². The molecule has 0 aliphatic carbocycles. The fraction of sp³-hybridized carbons (Fsp3) is 0.529. The topological polar surface area (TPSA) is 67.9 Å². The molecular formula is C17H26N2O4. The number of carbonyl (C=O) groups is 2. The van der Waals surface area contributed by atoms with E-state index >= 15 is 0 Å². The maximum atomic E-state index is 12.7. The Bertz CT molecular complexity index is 564. The van der Waals surface area contributed by atoms with E-state index in [9.17, 15) is 9.59 Å². The third kappa shape index (κ3) is 5.47. The van der Waals surface area contributed by atoms with Crippen LogP contribution in [0.2, 0.25) is 0 Å². The van der Waals surface area contributed by atoms with Crippen LogP contribution in [0.1, 0.15) is 38.1 Å². The largest absolute Gasteiger partial charge is 0.497 e. The van der Waals surface area contributed by atoms with Gasteiger partial charge in [-0.05, 0) is 45.9 Å². The maximum Gasteiger partial charge on any atom is 0.258 e. The number of rotatable bonds is 6. The summed E-state index contributed by atoms with van der Waals surface area (Å²) in [5, 5.41) is 2.85. The van der Waals surface area contributed by atoms with E-state index in [4.69, 9.17) is 9.47 Å². The van der Waals surface area contributed by atoms with Crippen LogP contribution in [0.4, 0.5) is 0 Å². The van der Waals surface area contributed by atoms with Crippen molar-refractivity contribution >= 4 is 11.8 Å². The number of ether oxygens (including phenoxy) is 2. The lowest BCUT2D eigenvalue weighted by atomic mass is 10.1. The number of hydrogen-bond acceptors (Lipinski definition) is 4. The molecule has 1 aromatic rings. The molecule has 0 spiro atoms. The summed E-state index contributed by atoms with van der Waals surface area (Å²) in [5.74, 6) is 0.539. The van der Waals surface area contributed by atoms with Crippen LogP contribution in [-0.4, -0.2) is 49.6 Å². The number of methoxy groups -OCH3 is 2. The molecule has 0 aliphatic rings. The first-order chi connectivity index (χ1) is 10.7. The first-order valence-electron chi connectivity index (χ1n) is 7.54. The van der Waals surface area contributed by atoms with Crippen molar-refractivity contribution in [3.05, 3.63) is 23.8 Å². The van der Waals surface area contributed by atoms with Gasteiger partial charge in [-0.2, -0.15) is 0 Å². The predicted octanol–water partition coefficient (Wildman–Crippen LogP) is 2.08. The lowest BCUT2D eigenvalue weighted by Crippen LogP contribution is -2.47. The van der Waals surface area contributed by atoms with Crippen LogP contribution in [0, 0.1) is 0 Å². The van der Waals surface area contributed by atoms with Crippen molar-refractivity contribution in [2.24, 2.45) is 0 Å². The predicted molar refractivity (Wildman–Crippen MR) is 89.0 cm³/mol. The highest BCUT2D eigenvalue weighted by molar-refractivity contribution is 5.99. The molecule has 23 heavy (non-hydrogen) atoms. The summed E-state index contributed by atoms with van der Waals surface area (Å²) in [7, 11) is 3.03. The van der Waals surface area contributed by atoms with E-state index < -0.39 is 0 Å². The van der Waals surface area contributed by atoms with Gasteiger partial charge in [0.25, 0.3) is 5.91 Å². The number of carbonyl (C=O) groups excluding carboxylic acids is 2. The summed E-state index contributed by atoms with van der Waals surface area (Å²) in [4.78, 5) is 26.3. The molecule has 0 saturated carbocycles. The highest BCUT2D eigenvalue weighted by atomic mass is 16.5.